The molecule has 2 atom stereocenters. The van der Waals surface area contributed by atoms with Crippen molar-refractivity contribution < 1.29 is 19.4 Å². The number of carboxylic acid groups (broad SMARTS) is 1. The number of rotatable bonds is 4. The van der Waals surface area contributed by atoms with Crippen LogP contribution in [0, 0.1) is 18.3 Å². The molecular weight excluding hydrogens is 332 g/mol. The fourth-order valence-corrected chi connectivity index (χ4v) is 3.11. The van der Waals surface area contributed by atoms with Gasteiger partial charge in [0, 0.05) is 24.7 Å². The van der Waals surface area contributed by atoms with Crippen molar-refractivity contribution in [3.05, 3.63) is 29.8 Å². The molecule has 1 fully saturated rings. The maximum absolute atomic E-state index is 12.4. The zero-order valence-corrected chi connectivity index (χ0v) is 15.5. The Balaban J connectivity index is 2.22. The highest BCUT2D eigenvalue weighted by Crippen LogP contribution is 2.34. The van der Waals surface area contributed by atoms with E-state index in [1.165, 1.54) is 0 Å². The second-order valence-electron chi connectivity index (χ2n) is 7.45. The standard InChI is InChI=1S/C20H26N2O4/c1-5-10-21-15-8-6-7-14(12-15)17-13-22(11-9-16(17)18(23)24)19(25)26-20(2,3)4/h1,6-8,12,16-17,21H,9-11,13H2,2-4H3,(H,23,24). The van der Waals surface area contributed by atoms with Gasteiger partial charge < -0.3 is 20.1 Å². The van der Waals surface area contributed by atoms with E-state index in [4.69, 9.17) is 11.2 Å². The first-order valence-corrected chi connectivity index (χ1v) is 8.69. The first-order chi connectivity index (χ1) is 12.2. The molecule has 2 unspecified atom stereocenters. The van der Waals surface area contributed by atoms with E-state index in [1.807, 2.05) is 45.0 Å². The van der Waals surface area contributed by atoms with E-state index in [-0.39, 0.29) is 5.92 Å². The first-order valence-electron chi connectivity index (χ1n) is 8.69. The molecule has 0 bridgehead atoms. The lowest BCUT2D eigenvalue weighted by atomic mass is 9.80. The molecular formula is C20H26N2O4. The minimum absolute atomic E-state index is 0.304. The molecule has 1 amide bonds. The van der Waals surface area contributed by atoms with Crippen molar-refractivity contribution in [2.24, 2.45) is 5.92 Å². The predicted molar refractivity (Wildman–Crippen MR) is 100 cm³/mol. The summed E-state index contributed by atoms with van der Waals surface area (Å²) in [6, 6.07) is 7.53. The van der Waals surface area contributed by atoms with Crippen LogP contribution < -0.4 is 5.32 Å². The SMILES string of the molecule is C#CCNc1cccc(C2CN(C(=O)OC(C)(C)C)CCC2C(=O)O)c1. The summed E-state index contributed by atoms with van der Waals surface area (Å²) in [6.07, 6.45) is 5.25. The number of terminal acetylenes is 1. The predicted octanol–water partition coefficient (Wildman–Crippen LogP) is 3.16. The fraction of sp³-hybridized carbons (Fsp3) is 0.500. The molecule has 0 saturated carbocycles. The molecule has 2 rings (SSSR count). The zero-order chi connectivity index (χ0) is 19.3. The number of carbonyl (C=O) groups is 2. The van der Waals surface area contributed by atoms with Crippen LogP contribution in [0.4, 0.5) is 10.5 Å². The number of piperidine rings is 1. The van der Waals surface area contributed by atoms with Crippen LogP contribution >= 0.6 is 0 Å². The Morgan fingerprint density at radius 3 is 2.77 bits per heavy atom. The van der Waals surface area contributed by atoms with E-state index in [2.05, 4.69) is 11.2 Å². The molecule has 0 radical (unpaired) electrons. The molecule has 6 heteroatoms. The molecule has 1 aromatic rings. The van der Waals surface area contributed by atoms with Gasteiger partial charge in [0.15, 0.2) is 0 Å². The van der Waals surface area contributed by atoms with E-state index in [0.717, 1.165) is 11.3 Å². The number of carbonyl (C=O) groups excluding carboxylic acids is 1. The Hall–Kier alpha value is -2.68. The van der Waals surface area contributed by atoms with Gasteiger partial charge in [-0.3, -0.25) is 4.79 Å². The third kappa shape index (κ3) is 5.16. The van der Waals surface area contributed by atoms with E-state index in [0.29, 0.717) is 26.1 Å². The van der Waals surface area contributed by atoms with Gasteiger partial charge >= 0.3 is 12.1 Å². The number of likely N-dealkylation sites (tertiary alicyclic amines) is 1. The summed E-state index contributed by atoms with van der Waals surface area (Å²) in [5, 5.41) is 12.7. The van der Waals surface area contributed by atoms with Crippen LogP contribution in [0.1, 0.15) is 38.7 Å². The summed E-state index contributed by atoms with van der Waals surface area (Å²) in [4.78, 5) is 25.7. The Kier molecular flexibility index (Phi) is 6.14. The summed E-state index contributed by atoms with van der Waals surface area (Å²) >= 11 is 0. The highest BCUT2D eigenvalue weighted by Gasteiger charge is 2.38. The second-order valence-corrected chi connectivity index (χ2v) is 7.45. The molecule has 140 valence electrons. The number of carboxylic acids is 1. The largest absolute Gasteiger partial charge is 0.481 e. The Morgan fingerprint density at radius 1 is 1.42 bits per heavy atom. The lowest BCUT2D eigenvalue weighted by Crippen LogP contribution is -2.46. The number of anilines is 1. The van der Waals surface area contributed by atoms with Crippen LogP contribution in [0.5, 0.6) is 0 Å². The van der Waals surface area contributed by atoms with Crippen molar-refractivity contribution in [2.75, 3.05) is 25.0 Å². The number of aliphatic carboxylic acids is 1. The summed E-state index contributed by atoms with van der Waals surface area (Å²) in [6.45, 7) is 6.51. The van der Waals surface area contributed by atoms with Gasteiger partial charge in [0.25, 0.3) is 0 Å². The Morgan fingerprint density at radius 2 is 2.15 bits per heavy atom. The van der Waals surface area contributed by atoms with E-state index < -0.39 is 23.6 Å². The highest BCUT2D eigenvalue weighted by atomic mass is 16.6. The molecule has 26 heavy (non-hydrogen) atoms. The quantitative estimate of drug-likeness (QED) is 0.809. The fourth-order valence-electron chi connectivity index (χ4n) is 3.11. The first kappa shape index (κ1) is 19.6. The van der Waals surface area contributed by atoms with Crippen molar-refractivity contribution in [3.63, 3.8) is 0 Å². The lowest BCUT2D eigenvalue weighted by Gasteiger charge is -2.37. The van der Waals surface area contributed by atoms with Gasteiger partial charge in [-0.2, -0.15) is 0 Å². The number of nitrogens with one attached hydrogen (secondary N) is 1. The maximum atomic E-state index is 12.4. The van der Waals surface area contributed by atoms with E-state index in [1.54, 1.807) is 4.90 Å². The molecule has 1 saturated heterocycles. The third-order valence-corrected chi connectivity index (χ3v) is 4.29. The van der Waals surface area contributed by atoms with Crippen molar-refractivity contribution in [3.8, 4) is 12.3 Å². The molecule has 0 aromatic heterocycles. The van der Waals surface area contributed by atoms with Crippen LogP contribution in [-0.4, -0.2) is 47.3 Å². The molecule has 2 N–H and O–H groups in total. The van der Waals surface area contributed by atoms with Crippen LogP contribution in [0.25, 0.3) is 0 Å². The second kappa shape index (κ2) is 8.13. The molecule has 0 spiro atoms. The number of hydrogen-bond acceptors (Lipinski definition) is 4. The van der Waals surface area contributed by atoms with Gasteiger partial charge in [0.2, 0.25) is 0 Å². The summed E-state index contributed by atoms with van der Waals surface area (Å²) in [7, 11) is 0. The van der Waals surface area contributed by atoms with Crippen LogP contribution in [-0.2, 0) is 9.53 Å². The topological polar surface area (TPSA) is 78.9 Å². The van der Waals surface area contributed by atoms with Gasteiger partial charge in [-0.05, 0) is 44.9 Å². The van der Waals surface area contributed by atoms with Crippen molar-refractivity contribution in [2.45, 2.75) is 38.7 Å². The van der Waals surface area contributed by atoms with Crippen molar-refractivity contribution in [1.82, 2.24) is 4.90 Å². The smallest absolute Gasteiger partial charge is 0.410 e. The van der Waals surface area contributed by atoms with Gasteiger partial charge in [0.1, 0.15) is 5.60 Å². The highest BCUT2D eigenvalue weighted by molar-refractivity contribution is 5.73. The van der Waals surface area contributed by atoms with Gasteiger partial charge in [-0.1, -0.05) is 18.1 Å². The summed E-state index contributed by atoms with van der Waals surface area (Å²) in [5.41, 5.74) is 1.11. The molecule has 0 aliphatic carbocycles. The number of amides is 1. The van der Waals surface area contributed by atoms with Crippen molar-refractivity contribution in [1.29, 1.82) is 0 Å². The molecule has 1 aliphatic rings. The van der Waals surface area contributed by atoms with Crippen LogP contribution in [0.15, 0.2) is 24.3 Å². The van der Waals surface area contributed by atoms with Gasteiger partial charge in [-0.15, -0.1) is 6.42 Å². The Bertz CT molecular complexity index is 702. The molecule has 1 aliphatic heterocycles. The number of nitrogens with zero attached hydrogens (tertiary/aromatic N) is 1. The number of hydrogen-bond donors (Lipinski definition) is 2. The van der Waals surface area contributed by atoms with Gasteiger partial charge in [0.05, 0.1) is 12.5 Å². The maximum Gasteiger partial charge on any atom is 0.410 e. The van der Waals surface area contributed by atoms with Crippen molar-refractivity contribution >= 4 is 17.7 Å². The average molecular weight is 358 g/mol. The summed E-state index contributed by atoms with van der Waals surface area (Å²) in [5.74, 6) is 0.816. The van der Waals surface area contributed by atoms with Gasteiger partial charge in [-0.25, -0.2) is 4.79 Å². The van der Waals surface area contributed by atoms with E-state index in [9.17, 15) is 14.7 Å². The zero-order valence-electron chi connectivity index (χ0n) is 15.5. The van der Waals surface area contributed by atoms with Crippen LogP contribution in [0.3, 0.4) is 0 Å². The lowest BCUT2D eigenvalue weighted by molar-refractivity contribution is -0.144. The Labute approximate surface area is 154 Å². The molecule has 1 heterocycles. The number of ether oxygens (including phenoxy) is 1. The minimum atomic E-state index is -0.846. The summed E-state index contributed by atoms with van der Waals surface area (Å²) < 4.78 is 5.44. The third-order valence-electron chi connectivity index (χ3n) is 4.29. The average Bonchev–Trinajstić information content (AvgIpc) is 2.58. The molecule has 6 nitrogen and oxygen atoms in total. The monoisotopic (exact) mass is 358 g/mol. The number of benzene rings is 1. The normalized spacial score (nSPS) is 20.2. The van der Waals surface area contributed by atoms with Crippen LogP contribution in [0.2, 0.25) is 0 Å². The molecule has 1 aromatic carbocycles. The van der Waals surface area contributed by atoms with E-state index >= 15 is 0 Å². The minimum Gasteiger partial charge on any atom is -0.481 e.